The van der Waals surface area contributed by atoms with Crippen LogP contribution in [0.3, 0.4) is 0 Å². The van der Waals surface area contributed by atoms with E-state index >= 15 is 0 Å². The van der Waals surface area contributed by atoms with Gasteiger partial charge in [-0.25, -0.2) is 4.79 Å². The summed E-state index contributed by atoms with van der Waals surface area (Å²) in [6.07, 6.45) is 6.51. The number of aliphatic hydroxyl groups excluding tert-OH is 1. The van der Waals surface area contributed by atoms with Crippen molar-refractivity contribution < 1.29 is 9.90 Å². The van der Waals surface area contributed by atoms with Gasteiger partial charge in [0.2, 0.25) is 0 Å². The van der Waals surface area contributed by atoms with Gasteiger partial charge in [0.05, 0.1) is 12.6 Å². The molecule has 0 bridgehead atoms. The van der Waals surface area contributed by atoms with E-state index in [4.69, 9.17) is 5.11 Å². The normalized spacial score (nSPS) is 17.1. The summed E-state index contributed by atoms with van der Waals surface area (Å²) in [5, 5.41) is 14.8. The van der Waals surface area contributed by atoms with Crippen LogP contribution >= 0.6 is 0 Å². The number of urea groups is 1. The third-order valence-corrected chi connectivity index (χ3v) is 4.24. The van der Waals surface area contributed by atoms with Crippen molar-refractivity contribution >= 4 is 11.7 Å². The minimum absolute atomic E-state index is 0.0196. The second kappa shape index (κ2) is 8.58. The van der Waals surface area contributed by atoms with Crippen LogP contribution in [0.4, 0.5) is 10.5 Å². The van der Waals surface area contributed by atoms with Crippen LogP contribution < -0.4 is 15.5 Å². The first kappa shape index (κ1) is 16.5. The molecule has 2 heterocycles. The zero-order valence-corrected chi connectivity index (χ0v) is 13.2. The summed E-state index contributed by atoms with van der Waals surface area (Å²) in [6, 6.07) is 3.73. The lowest BCUT2D eigenvalue weighted by Crippen LogP contribution is -2.46. The number of carbonyl (C=O) groups excluding carboxylic acids is 1. The molecule has 0 radical (unpaired) electrons. The molecule has 6 nitrogen and oxygen atoms in total. The zero-order valence-electron chi connectivity index (χ0n) is 13.2. The molecule has 1 saturated heterocycles. The number of amides is 2. The molecule has 0 saturated carbocycles. The molecule has 3 N–H and O–H groups in total. The fraction of sp³-hybridized carbons (Fsp3) is 0.625. The molecule has 1 atom stereocenters. The molecule has 0 aliphatic carbocycles. The SMILES string of the molecule is CCC(CO)NC(=O)NCC1CCN(c2ccncc2)CC1. The van der Waals surface area contributed by atoms with Crippen LogP contribution in [-0.4, -0.2) is 48.4 Å². The molecule has 0 spiro atoms. The minimum Gasteiger partial charge on any atom is -0.394 e. The first-order chi connectivity index (χ1) is 10.7. The fourth-order valence-corrected chi connectivity index (χ4v) is 2.70. The number of carbonyl (C=O) groups is 1. The maximum absolute atomic E-state index is 11.7. The van der Waals surface area contributed by atoms with E-state index in [2.05, 4.69) is 20.5 Å². The molecule has 6 heteroatoms. The van der Waals surface area contributed by atoms with Crippen molar-refractivity contribution in [1.29, 1.82) is 0 Å². The van der Waals surface area contributed by atoms with Gasteiger partial charge in [-0.3, -0.25) is 4.98 Å². The average Bonchev–Trinajstić information content (AvgIpc) is 2.59. The molecule has 122 valence electrons. The molecule has 22 heavy (non-hydrogen) atoms. The molecule has 0 aromatic carbocycles. The third-order valence-electron chi connectivity index (χ3n) is 4.24. The van der Waals surface area contributed by atoms with Gasteiger partial charge >= 0.3 is 6.03 Å². The minimum atomic E-state index is -0.183. The number of nitrogens with one attached hydrogen (secondary N) is 2. The van der Waals surface area contributed by atoms with Crippen molar-refractivity contribution in [2.24, 2.45) is 5.92 Å². The Morgan fingerprint density at radius 2 is 2.09 bits per heavy atom. The summed E-state index contributed by atoms with van der Waals surface area (Å²) in [5.74, 6) is 0.512. The van der Waals surface area contributed by atoms with E-state index in [1.54, 1.807) is 0 Å². The Kier molecular flexibility index (Phi) is 6.45. The highest BCUT2D eigenvalue weighted by atomic mass is 16.3. The number of pyridine rings is 1. The highest BCUT2D eigenvalue weighted by Gasteiger charge is 2.20. The summed E-state index contributed by atoms with van der Waals surface area (Å²) in [7, 11) is 0. The summed E-state index contributed by atoms with van der Waals surface area (Å²) >= 11 is 0. The molecule has 1 aromatic rings. The molecule has 1 unspecified atom stereocenters. The van der Waals surface area contributed by atoms with Gasteiger partial charge < -0.3 is 20.6 Å². The quantitative estimate of drug-likeness (QED) is 0.742. The zero-order chi connectivity index (χ0) is 15.8. The highest BCUT2D eigenvalue weighted by Crippen LogP contribution is 2.22. The van der Waals surface area contributed by atoms with E-state index in [0.717, 1.165) is 32.4 Å². The van der Waals surface area contributed by atoms with Gasteiger partial charge in [-0.05, 0) is 37.3 Å². The topological polar surface area (TPSA) is 77.5 Å². The van der Waals surface area contributed by atoms with E-state index < -0.39 is 0 Å². The number of hydrogen-bond donors (Lipinski definition) is 3. The second-order valence-corrected chi connectivity index (χ2v) is 5.78. The van der Waals surface area contributed by atoms with Crippen LogP contribution in [0.5, 0.6) is 0 Å². The smallest absolute Gasteiger partial charge is 0.315 e. The maximum Gasteiger partial charge on any atom is 0.315 e. The van der Waals surface area contributed by atoms with Crippen molar-refractivity contribution in [2.45, 2.75) is 32.2 Å². The Hall–Kier alpha value is -1.82. The molecule has 1 aliphatic rings. The van der Waals surface area contributed by atoms with Crippen LogP contribution in [0.25, 0.3) is 0 Å². The molecular weight excluding hydrogens is 280 g/mol. The lowest BCUT2D eigenvalue weighted by Gasteiger charge is -2.33. The van der Waals surface area contributed by atoms with Crippen LogP contribution in [0.1, 0.15) is 26.2 Å². The van der Waals surface area contributed by atoms with Gasteiger partial charge in [-0.2, -0.15) is 0 Å². The van der Waals surface area contributed by atoms with Crippen LogP contribution in [-0.2, 0) is 0 Å². The highest BCUT2D eigenvalue weighted by molar-refractivity contribution is 5.74. The molecule has 1 aliphatic heterocycles. The largest absolute Gasteiger partial charge is 0.394 e. The standard InChI is InChI=1S/C16H26N4O2/c1-2-14(12-21)19-16(22)18-11-13-5-9-20(10-6-13)15-3-7-17-8-4-15/h3-4,7-8,13-14,21H,2,5-6,9-12H2,1H3,(H2,18,19,22). The Bertz CT molecular complexity index is 443. The lowest BCUT2D eigenvalue weighted by atomic mass is 9.96. The number of anilines is 1. The Morgan fingerprint density at radius 3 is 2.68 bits per heavy atom. The van der Waals surface area contributed by atoms with Crippen molar-refractivity contribution in [2.75, 3.05) is 31.1 Å². The molecule has 2 rings (SSSR count). The second-order valence-electron chi connectivity index (χ2n) is 5.78. The lowest BCUT2D eigenvalue weighted by molar-refractivity contribution is 0.212. The number of rotatable bonds is 6. The Labute approximate surface area is 131 Å². The molecular formula is C16H26N4O2. The number of nitrogens with zero attached hydrogens (tertiary/aromatic N) is 2. The van der Waals surface area contributed by atoms with Crippen LogP contribution in [0.2, 0.25) is 0 Å². The van der Waals surface area contributed by atoms with Crippen molar-refractivity contribution in [3.05, 3.63) is 24.5 Å². The van der Waals surface area contributed by atoms with Crippen LogP contribution in [0, 0.1) is 5.92 Å². The summed E-state index contributed by atoms with van der Waals surface area (Å²) in [4.78, 5) is 18.1. The molecule has 2 amide bonds. The number of piperidine rings is 1. The summed E-state index contributed by atoms with van der Waals surface area (Å²) < 4.78 is 0. The van der Waals surface area contributed by atoms with Gasteiger partial charge in [0.15, 0.2) is 0 Å². The first-order valence-electron chi connectivity index (χ1n) is 8.03. The Morgan fingerprint density at radius 1 is 1.41 bits per heavy atom. The number of aromatic nitrogens is 1. The number of hydrogen-bond acceptors (Lipinski definition) is 4. The fourth-order valence-electron chi connectivity index (χ4n) is 2.70. The van der Waals surface area contributed by atoms with Gasteiger partial charge in [0, 0.05) is 37.7 Å². The van der Waals surface area contributed by atoms with E-state index in [1.807, 2.05) is 31.5 Å². The van der Waals surface area contributed by atoms with Gasteiger partial charge in [0.1, 0.15) is 0 Å². The van der Waals surface area contributed by atoms with E-state index in [-0.39, 0.29) is 18.7 Å². The van der Waals surface area contributed by atoms with E-state index in [1.165, 1.54) is 5.69 Å². The van der Waals surface area contributed by atoms with Gasteiger partial charge in [-0.1, -0.05) is 6.92 Å². The summed E-state index contributed by atoms with van der Waals surface area (Å²) in [5.41, 5.74) is 1.22. The monoisotopic (exact) mass is 306 g/mol. The summed E-state index contributed by atoms with van der Waals surface area (Å²) in [6.45, 7) is 4.63. The maximum atomic E-state index is 11.7. The molecule has 1 fully saturated rings. The van der Waals surface area contributed by atoms with Gasteiger partial charge in [0.25, 0.3) is 0 Å². The van der Waals surface area contributed by atoms with Gasteiger partial charge in [-0.15, -0.1) is 0 Å². The van der Waals surface area contributed by atoms with Crippen LogP contribution in [0.15, 0.2) is 24.5 Å². The predicted octanol–water partition coefficient (Wildman–Crippen LogP) is 1.37. The van der Waals surface area contributed by atoms with E-state index in [0.29, 0.717) is 12.5 Å². The first-order valence-corrected chi connectivity index (χ1v) is 8.03. The van der Waals surface area contributed by atoms with E-state index in [9.17, 15) is 4.79 Å². The Balaban J connectivity index is 1.68. The number of aliphatic hydroxyl groups is 1. The predicted molar refractivity (Wildman–Crippen MR) is 86.9 cm³/mol. The third kappa shape index (κ3) is 4.87. The van der Waals surface area contributed by atoms with Crippen molar-refractivity contribution in [3.8, 4) is 0 Å². The molecule has 1 aromatic heterocycles. The average molecular weight is 306 g/mol. The van der Waals surface area contributed by atoms with Crippen molar-refractivity contribution in [1.82, 2.24) is 15.6 Å². The van der Waals surface area contributed by atoms with Crippen molar-refractivity contribution in [3.63, 3.8) is 0 Å².